The van der Waals surface area contributed by atoms with E-state index < -0.39 is 0 Å². The van der Waals surface area contributed by atoms with Crippen LogP contribution in [0.5, 0.6) is 5.75 Å². The molecular weight excluding hydrogens is 335 g/mol. The third-order valence-corrected chi connectivity index (χ3v) is 5.29. The molecule has 2 nitrogen and oxygen atoms in total. The number of rotatable bonds is 3. The summed E-state index contributed by atoms with van der Waals surface area (Å²) in [6.45, 7) is 0.725. The summed E-state index contributed by atoms with van der Waals surface area (Å²) in [6, 6.07) is 5.10. The van der Waals surface area contributed by atoms with Gasteiger partial charge >= 0.3 is 0 Å². The average Bonchev–Trinajstić information content (AvgIpc) is 2.50. The van der Waals surface area contributed by atoms with Crippen LogP contribution in [-0.2, 0) is 10.1 Å². The molecule has 1 unspecified atom stereocenters. The van der Waals surface area contributed by atoms with Gasteiger partial charge in [-0.2, -0.15) is 0 Å². The van der Waals surface area contributed by atoms with E-state index in [1.165, 1.54) is 25.3 Å². The van der Waals surface area contributed by atoms with E-state index in [4.69, 9.17) is 9.47 Å². The van der Waals surface area contributed by atoms with Crippen LogP contribution in [0.15, 0.2) is 18.2 Å². The van der Waals surface area contributed by atoms with Gasteiger partial charge in [0.2, 0.25) is 0 Å². The standard InChI is InChI=1S/C17H22BrFO2/c18-12-13-5-4-6-15(19)16(13)21-14-7-10-20-17(11-14)8-2-1-3-9-17/h4-6,14H,1-3,7-12H2. The number of alkyl halides is 1. The van der Waals surface area contributed by atoms with Crippen molar-refractivity contribution in [2.24, 2.45) is 0 Å². The summed E-state index contributed by atoms with van der Waals surface area (Å²) < 4.78 is 26.2. The van der Waals surface area contributed by atoms with Gasteiger partial charge in [0.15, 0.2) is 11.6 Å². The van der Waals surface area contributed by atoms with E-state index in [1.54, 1.807) is 6.07 Å². The number of ether oxygens (including phenoxy) is 2. The van der Waals surface area contributed by atoms with Crippen molar-refractivity contribution in [2.75, 3.05) is 6.61 Å². The highest BCUT2D eigenvalue weighted by atomic mass is 79.9. The summed E-state index contributed by atoms with van der Waals surface area (Å²) in [6.07, 6.45) is 7.81. The molecule has 0 aromatic heterocycles. The molecule has 116 valence electrons. The highest BCUT2D eigenvalue weighted by Crippen LogP contribution is 2.40. The fourth-order valence-electron chi connectivity index (χ4n) is 3.59. The van der Waals surface area contributed by atoms with Gasteiger partial charge in [0.1, 0.15) is 6.10 Å². The molecule has 0 N–H and O–H groups in total. The van der Waals surface area contributed by atoms with Crippen molar-refractivity contribution in [1.82, 2.24) is 0 Å². The molecular formula is C17H22BrFO2. The second-order valence-electron chi connectivity index (χ2n) is 6.19. The minimum atomic E-state index is -0.267. The largest absolute Gasteiger partial charge is 0.487 e. The maximum absolute atomic E-state index is 14.0. The first kappa shape index (κ1) is 15.3. The van der Waals surface area contributed by atoms with Crippen LogP contribution in [0.1, 0.15) is 50.5 Å². The van der Waals surface area contributed by atoms with Crippen molar-refractivity contribution in [3.05, 3.63) is 29.6 Å². The Balaban J connectivity index is 1.73. The lowest BCUT2D eigenvalue weighted by Crippen LogP contribution is -2.45. The molecule has 2 fully saturated rings. The van der Waals surface area contributed by atoms with Crippen molar-refractivity contribution in [3.8, 4) is 5.75 Å². The summed E-state index contributed by atoms with van der Waals surface area (Å²) in [4.78, 5) is 0. The van der Waals surface area contributed by atoms with Crippen molar-refractivity contribution in [1.29, 1.82) is 0 Å². The normalized spacial score (nSPS) is 25.0. The second kappa shape index (κ2) is 6.66. The Morgan fingerprint density at radius 3 is 2.86 bits per heavy atom. The molecule has 1 aromatic rings. The maximum Gasteiger partial charge on any atom is 0.165 e. The third-order valence-electron chi connectivity index (χ3n) is 4.69. The molecule has 3 rings (SSSR count). The smallest absolute Gasteiger partial charge is 0.165 e. The molecule has 1 saturated heterocycles. The molecule has 1 atom stereocenters. The molecule has 4 heteroatoms. The molecule has 1 spiro atoms. The molecule has 1 aromatic carbocycles. The van der Waals surface area contributed by atoms with Crippen molar-refractivity contribution in [2.45, 2.75) is 62.0 Å². The topological polar surface area (TPSA) is 18.5 Å². The highest BCUT2D eigenvalue weighted by molar-refractivity contribution is 9.08. The number of halogens is 2. The minimum Gasteiger partial charge on any atom is -0.487 e. The first-order chi connectivity index (χ1) is 10.2. The van der Waals surface area contributed by atoms with Gasteiger partial charge in [0, 0.05) is 23.7 Å². The number of benzene rings is 1. The summed E-state index contributed by atoms with van der Waals surface area (Å²) >= 11 is 3.41. The van der Waals surface area contributed by atoms with Gasteiger partial charge in [-0.1, -0.05) is 47.3 Å². The Morgan fingerprint density at radius 2 is 2.10 bits per heavy atom. The van der Waals surface area contributed by atoms with E-state index in [9.17, 15) is 4.39 Å². The zero-order valence-electron chi connectivity index (χ0n) is 12.2. The number of hydrogen-bond donors (Lipinski definition) is 0. The van der Waals surface area contributed by atoms with Gasteiger partial charge in [-0.3, -0.25) is 0 Å². The summed E-state index contributed by atoms with van der Waals surface area (Å²) in [5.74, 6) is 0.142. The van der Waals surface area contributed by atoms with E-state index in [2.05, 4.69) is 15.9 Å². The highest BCUT2D eigenvalue weighted by Gasteiger charge is 2.39. The van der Waals surface area contributed by atoms with E-state index in [0.29, 0.717) is 11.1 Å². The lowest BCUT2D eigenvalue weighted by atomic mass is 9.79. The minimum absolute atomic E-state index is 0.0129. The Hall–Kier alpha value is -0.610. The Labute approximate surface area is 134 Å². The summed E-state index contributed by atoms with van der Waals surface area (Å²) in [5.41, 5.74) is 0.861. The molecule has 1 saturated carbocycles. The Bertz CT molecular complexity index is 480. The molecule has 0 amide bonds. The molecule has 1 aliphatic carbocycles. The fourth-order valence-corrected chi connectivity index (χ4v) is 4.03. The lowest BCUT2D eigenvalue weighted by molar-refractivity contribution is -0.130. The van der Waals surface area contributed by atoms with Crippen molar-refractivity contribution < 1.29 is 13.9 Å². The predicted molar refractivity (Wildman–Crippen MR) is 84.4 cm³/mol. The molecule has 21 heavy (non-hydrogen) atoms. The SMILES string of the molecule is Fc1cccc(CBr)c1OC1CCOC2(CCCCC2)C1. The van der Waals surface area contributed by atoms with E-state index in [1.807, 2.05) is 6.07 Å². The van der Waals surface area contributed by atoms with Crippen LogP contribution >= 0.6 is 15.9 Å². The van der Waals surface area contributed by atoms with Crippen LogP contribution in [-0.4, -0.2) is 18.3 Å². The first-order valence-electron chi connectivity index (χ1n) is 7.86. The zero-order chi connectivity index (χ0) is 14.7. The summed E-state index contributed by atoms with van der Waals surface area (Å²) in [7, 11) is 0. The number of para-hydroxylation sites is 1. The van der Waals surface area contributed by atoms with E-state index >= 15 is 0 Å². The Morgan fingerprint density at radius 1 is 1.29 bits per heavy atom. The van der Waals surface area contributed by atoms with Crippen LogP contribution < -0.4 is 4.74 Å². The predicted octanol–water partition coefficient (Wildman–Crippen LogP) is 4.98. The molecule has 1 aliphatic heterocycles. The van der Waals surface area contributed by atoms with Crippen LogP contribution in [0.4, 0.5) is 4.39 Å². The molecule has 1 heterocycles. The fraction of sp³-hybridized carbons (Fsp3) is 0.647. The molecule has 2 aliphatic rings. The van der Waals surface area contributed by atoms with E-state index in [0.717, 1.165) is 37.9 Å². The van der Waals surface area contributed by atoms with Gasteiger partial charge in [-0.15, -0.1) is 0 Å². The zero-order valence-corrected chi connectivity index (χ0v) is 13.8. The molecule has 0 bridgehead atoms. The van der Waals surface area contributed by atoms with Crippen LogP contribution in [0.25, 0.3) is 0 Å². The average molecular weight is 357 g/mol. The molecule has 0 radical (unpaired) electrons. The van der Waals surface area contributed by atoms with Crippen molar-refractivity contribution >= 4 is 15.9 Å². The maximum atomic E-state index is 14.0. The van der Waals surface area contributed by atoms with Crippen molar-refractivity contribution in [3.63, 3.8) is 0 Å². The number of hydrogen-bond acceptors (Lipinski definition) is 2. The third kappa shape index (κ3) is 3.42. The summed E-state index contributed by atoms with van der Waals surface area (Å²) in [5, 5.41) is 0.606. The first-order valence-corrected chi connectivity index (χ1v) is 8.99. The monoisotopic (exact) mass is 356 g/mol. The van der Waals surface area contributed by atoms with Gasteiger partial charge in [0.05, 0.1) is 12.2 Å². The lowest BCUT2D eigenvalue weighted by Gasteiger charge is -2.43. The van der Waals surface area contributed by atoms with Crippen LogP contribution in [0.3, 0.4) is 0 Å². The Kier molecular flexibility index (Phi) is 4.85. The quantitative estimate of drug-likeness (QED) is 0.711. The van der Waals surface area contributed by atoms with Gasteiger partial charge < -0.3 is 9.47 Å². The van der Waals surface area contributed by atoms with Crippen LogP contribution in [0.2, 0.25) is 0 Å². The van der Waals surface area contributed by atoms with Crippen LogP contribution in [0, 0.1) is 5.82 Å². The van der Waals surface area contributed by atoms with Gasteiger partial charge in [0.25, 0.3) is 0 Å². The van der Waals surface area contributed by atoms with Gasteiger partial charge in [-0.25, -0.2) is 4.39 Å². The second-order valence-corrected chi connectivity index (χ2v) is 6.75. The van der Waals surface area contributed by atoms with Gasteiger partial charge in [-0.05, 0) is 18.9 Å². The van der Waals surface area contributed by atoms with E-state index in [-0.39, 0.29) is 17.5 Å².